The van der Waals surface area contributed by atoms with Gasteiger partial charge < -0.3 is 24.4 Å². The molecule has 1 amide bonds. The van der Waals surface area contributed by atoms with Crippen LogP contribution in [0.2, 0.25) is 0 Å². The van der Waals surface area contributed by atoms with Gasteiger partial charge in [0, 0.05) is 67.3 Å². The van der Waals surface area contributed by atoms with Crippen LogP contribution in [-0.2, 0) is 4.74 Å². The number of benzene rings is 2. The minimum atomic E-state index is -0.497. The van der Waals surface area contributed by atoms with Crippen LogP contribution >= 0.6 is 0 Å². The van der Waals surface area contributed by atoms with Crippen LogP contribution in [0.4, 0.5) is 10.5 Å². The number of H-pyrrole nitrogens is 1. The number of piperazine rings is 1. The number of ether oxygens (including phenoxy) is 1. The summed E-state index contributed by atoms with van der Waals surface area (Å²) in [6.07, 6.45) is 5.69. The van der Waals surface area contributed by atoms with Gasteiger partial charge in [-0.05, 0) is 75.5 Å². The van der Waals surface area contributed by atoms with Crippen molar-refractivity contribution in [1.82, 2.24) is 19.8 Å². The summed E-state index contributed by atoms with van der Waals surface area (Å²) in [6, 6.07) is 19.7. The second kappa shape index (κ2) is 10.6. The fourth-order valence-corrected chi connectivity index (χ4v) is 5.87. The van der Waals surface area contributed by atoms with E-state index in [0.29, 0.717) is 0 Å². The highest BCUT2D eigenvalue weighted by Crippen LogP contribution is 2.36. The summed E-state index contributed by atoms with van der Waals surface area (Å²) in [6.45, 7) is 10.8. The van der Waals surface area contributed by atoms with Crippen molar-refractivity contribution in [2.75, 3.05) is 44.7 Å². The molecule has 2 aliphatic heterocycles. The van der Waals surface area contributed by atoms with Crippen molar-refractivity contribution in [1.29, 1.82) is 0 Å². The maximum absolute atomic E-state index is 12.8. The first-order valence-electron chi connectivity index (χ1n) is 14.4. The molecule has 1 atom stereocenters. The maximum Gasteiger partial charge on any atom is 0.410 e. The zero-order chi connectivity index (χ0) is 27.9. The molecule has 2 aliphatic rings. The highest BCUT2D eigenvalue weighted by atomic mass is 16.6. The van der Waals surface area contributed by atoms with E-state index in [-0.39, 0.29) is 12.1 Å². The molecule has 208 valence electrons. The smallest absolute Gasteiger partial charge is 0.410 e. The molecule has 7 nitrogen and oxygen atoms in total. The Morgan fingerprint density at radius 2 is 1.62 bits per heavy atom. The van der Waals surface area contributed by atoms with E-state index in [4.69, 9.17) is 9.72 Å². The number of fused-ring (bicyclic) bond motifs is 1. The Bertz CT molecular complexity index is 1480. The van der Waals surface area contributed by atoms with Gasteiger partial charge in [0.1, 0.15) is 11.2 Å². The lowest BCUT2D eigenvalue weighted by molar-refractivity contribution is 0.0224. The van der Waals surface area contributed by atoms with Gasteiger partial charge in [0.2, 0.25) is 0 Å². The Balaban J connectivity index is 1.22. The molecule has 4 heterocycles. The largest absolute Gasteiger partial charge is 0.444 e. The Morgan fingerprint density at radius 1 is 0.925 bits per heavy atom. The van der Waals surface area contributed by atoms with E-state index < -0.39 is 5.60 Å². The van der Waals surface area contributed by atoms with Crippen molar-refractivity contribution in [3.05, 3.63) is 72.6 Å². The van der Waals surface area contributed by atoms with E-state index in [2.05, 4.69) is 76.4 Å². The summed E-state index contributed by atoms with van der Waals surface area (Å²) in [5, 5.41) is 1.10. The molecule has 2 aromatic heterocycles. The topological polar surface area (TPSA) is 64.7 Å². The second-order valence-electron chi connectivity index (χ2n) is 12.1. The van der Waals surface area contributed by atoms with Crippen molar-refractivity contribution in [2.45, 2.75) is 45.3 Å². The summed E-state index contributed by atoms with van der Waals surface area (Å²) in [5.41, 5.74) is 7.33. The van der Waals surface area contributed by atoms with Gasteiger partial charge in [-0.1, -0.05) is 36.4 Å². The van der Waals surface area contributed by atoms with E-state index in [0.717, 1.165) is 78.9 Å². The van der Waals surface area contributed by atoms with Gasteiger partial charge in [-0.2, -0.15) is 0 Å². The Labute approximate surface area is 236 Å². The van der Waals surface area contributed by atoms with Crippen LogP contribution in [-0.4, -0.2) is 71.2 Å². The number of aromatic nitrogens is 2. The van der Waals surface area contributed by atoms with Crippen molar-refractivity contribution in [3.8, 4) is 22.3 Å². The fraction of sp³-hybridized carbons (Fsp3) is 0.394. The Kier molecular flexibility index (Phi) is 7.00. The number of hydrogen-bond donors (Lipinski definition) is 1. The van der Waals surface area contributed by atoms with Gasteiger partial charge in [0.15, 0.2) is 0 Å². The van der Waals surface area contributed by atoms with E-state index >= 15 is 0 Å². The average molecular weight is 538 g/mol. The lowest BCUT2D eigenvalue weighted by Crippen LogP contribution is -2.44. The molecule has 4 aromatic rings. The first-order valence-corrected chi connectivity index (χ1v) is 14.4. The lowest BCUT2D eigenvalue weighted by Gasteiger charge is -2.34. The molecule has 0 spiro atoms. The van der Waals surface area contributed by atoms with Crippen molar-refractivity contribution < 1.29 is 9.53 Å². The molecule has 40 heavy (non-hydrogen) atoms. The number of likely N-dealkylation sites (tertiary alicyclic amines) is 1. The number of rotatable bonds is 4. The summed E-state index contributed by atoms with van der Waals surface area (Å²) >= 11 is 0. The molecule has 0 bridgehead atoms. The lowest BCUT2D eigenvalue weighted by atomic mass is 9.98. The van der Waals surface area contributed by atoms with Crippen LogP contribution in [0.15, 0.2) is 67.0 Å². The van der Waals surface area contributed by atoms with Crippen LogP contribution in [0.5, 0.6) is 0 Å². The van der Waals surface area contributed by atoms with Crippen molar-refractivity contribution in [3.63, 3.8) is 0 Å². The monoisotopic (exact) mass is 537 g/mol. The molecule has 0 saturated carbocycles. The molecule has 6 rings (SSSR count). The molecule has 0 aliphatic carbocycles. The zero-order valence-corrected chi connectivity index (χ0v) is 24.0. The average Bonchev–Trinajstić information content (AvgIpc) is 3.60. The summed E-state index contributed by atoms with van der Waals surface area (Å²) in [4.78, 5) is 27.6. The predicted octanol–water partition coefficient (Wildman–Crippen LogP) is 6.72. The number of carbonyl (C=O) groups is 1. The molecular formula is C33H39N5O2. The Hall–Kier alpha value is -3.84. The number of nitrogens with one attached hydrogen (secondary N) is 1. The third-order valence-electron chi connectivity index (χ3n) is 8.09. The highest BCUT2D eigenvalue weighted by molar-refractivity contribution is 5.95. The van der Waals surface area contributed by atoms with Crippen LogP contribution in [0, 0.1) is 0 Å². The first-order chi connectivity index (χ1) is 19.2. The molecule has 2 fully saturated rings. The SMILES string of the molecule is CN1CCN(c2ccc(-c3cnc4[nH]cc(-c5ccc(C6CCCN6C(=O)OC(C)(C)C)cc5)c4c3)cc2)CC1. The van der Waals surface area contributed by atoms with Gasteiger partial charge in [-0.3, -0.25) is 0 Å². The molecule has 2 saturated heterocycles. The van der Waals surface area contributed by atoms with Crippen LogP contribution in [0.1, 0.15) is 45.2 Å². The molecule has 1 N–H and O–H groups in total. The number of aromatic amines is 1. The van der Waals surface area contributed by atoms with Crippen LogP contribution in [0.25, 0.3) is 33.3 Å². The number of nitrogens with zero attached hydrogens (tertiary/aromatic N) is 4. The fourth-order valence-electron chi connectivity index (χ4n) is 5.87. The summed E-state index contributed by atoms with van der Waals surface area (Å²) in [7, 11) is 2.18. The summed E-state index contributed by atoms with van der Waals surface area (Å²) < 4.78 is 5.66. The van der Waals surface area contributed by atoms with E-state index in [1.54, 1.807) is 0 Å². The third-order valence-corrected chi connectivity index (χ3v) is 8.09. The first kappa shape index (κ1) is 26.4. The summed E-state index contributed by atoms with van der Waals surface area (Å²) in [5.74, 6) is 0. The highest BCUT2D eigenvalue weighted by Gasteiger charge is 2.33. The van der Waals surface area contributed by atoms with Gasteiger partial charge >= 0.3 is 6.09 Å². The zero-order valence-electron chi connectivity index (χ0n) is 24.0. The van der Waals surface area contributed by atoms with E-state index in [1.165, 1.54) is 11.3 Å². The number of hydrogen-bond acceptors (Lipinski definition) is 5. The van der Waals surface area contributed by atoms with E-state index in [9.17, 15) is 4.79 Å². The minimum Gasteiger partial charge on any atom is -0.444 e. The van der Waals surface area contributed by atoms with Crippen LogP contribution < -0.4 is 4.90 Å². The van der Waals surface area contributed by atoms with Gasteiger partial charge in [0.25, 0.3) is 0 Å². The molecular weight excluding hydrogens is 498 g/mol. The van der Waals surface area contributed by atoms with Crippen molar-refractivity contribution >= 4 is 22.8 Å². The quantitative estimate of drug-likeness (QED) is 0.313. The number of likely N-dealkylation sites (N-methyl/N-ethyl adjacent to an activating group) is 1. The van der Waals surface area contributed by atoms with E-state index in [1.807, 2.05) is 38.1 Å². The predicted molar refractivity (Wildman–Crippen MR) is 162 cm³/mol. The molecule has 2 aromatic carbocycles. The number of anilines is 1. The third kappa shape index (κ3) is 5.43. The van der Waals surface area contributed by atoms with Crippen molar-refractivity contribution in [2.24, 2.45) is 0 Å². The number of amides is 1. The number of carbonyl (C=O) groups excluding carboxylic acids is 1. The second-order valence-corrected chi connectivity index (χ2v) is 12.1. The molecule has 7 heteroatoms. The Morgan fingerprint density at radius 3 is 2.33 bits per heavy atom. The van der Waals surface area contributed by atoms with Gasteiger partial charge in [-0.25, -0.2) is 9.78 Å². The van der Waals surface area contributed by atoms with Gasteiger partial charge in [0.05, 0.1) is 6.04 Å². The normalized spacial score (nSPS) is 18.4. The standard InChI is InChI=1S/C33H39N5O2/c1-33(2,3)40-32(39)38-15-5-6-30(38)25-9-7-24(8-10-25)29-22-35-31-28(29)20-26(21-34-31)23-11-13-27(14-12-23)37-18-16-36(4)17-19-37/h7-14,20-22,30H,5-6,15-19H2,1-4H3,(H,34,35). The molecule has 1 unspecified atom stereocenters. The van der Waals surface area contributed by atoms with Gasteiger partial charge in [-0.15, -0.1) is 0 Å². The number of pyridine rings is 1. The maximum atomic E-state index is 12.8. The minimum absolute atomic E-state index is 0.0500. The molecule has 0 radical (unpaired) electrons. The van der Waals surface area contributed by atoms with Crippen LogP contribution in [0.3, 0.4) is 0 Å².